The Bertz CT molecular complexity index is 949. The summed E-state index contributed by atoms with van der Waals surface area (Å²) in [6.07, 6.45) is 0.375. The van der Waals surface area contributed by atoms with Crippen molar-refractivity contribution >= 4 is 48.6 Å². The lowest BCUT2D eigenvalue weighted by molar-refractivity contribution is -0.124. The highest BCUT2D eigenvalue weighted by Crippen LogP contribution is 2.28. The first-order valence-electron chi connectivity index (χ1n) is 7.61. The fourth-order valence-electron chi connectivity index (χ4n) is 2.76. The molecule has 25 heavy (non-hydrogen) atoms. The molecule has 0 aliphatic carbocycles. The van der Waals surface area contributed by atoms with Crippen molar-refractivity contribution in [1.29, 1.82) is 0 Å². The normalized spacial score (nSPS) is 19.0. The van der Waals surface area contributed by atoms with Gasteiger partial charge in [-0.1, -0.05) is 15.9 Å². The number of benzene rings is 1. The van der Waals surface area contributed by atoms with Gasteiger partial charge in [0, 0.05) is 21.5 Å². The molecule has 1 aromatic heterocycles. The average molecular weight is 430 g/mol. The molecule has 9 heteroatoms. The van der Waals surface area contributed by atoms with Gasteiger partial charge in [-0.15, -0.1) is 0 Å². The summed E-state index contributed by atoms with van der Waals surface area (Å²) in [7, 11) is -3.08. The third-order valence-corrected chi connectivity index (χ3v) is 6.28. The van der Waals surface area contributed by atoms with Crippen LogP contribution in [0, 0.1) is 6.92 Å². The summed E-state index contributed by atoms with van der Waals surface area (Å²) < 4.78 is 34.1. The maximum absolute atomic E-state index is 12.2. The Morgan fingerprint density at radius 2 is 2.16 bits per heavy atom. The summed E-state index contributed by atoms with van der Waals surface area (Å²) in [4.78, 5) is 24.0. The van der Waals surface area contributed by atoms with Gasteiger partial charge < -0.3 is 14.5 Å². The number of amides is 1. The second kappa shape index (κ2) is 6.80. The topological polar surface area (TPSA) is 103 Å². The van der Waals surface area contributed by atoms with E-state index in [-0.39, 0.29) is 17.3 Å². The van der Waals surface area contributed by atoms with Crippen molar-refractivity contribution in [2.75, 3.05) is 18.1 Å². The van der Waals surface area contributed by atoms with E-state index in [1.54, 1.807) is 19.1 Å². The van der Waals surface area contributed by atoms with Crippen molar-refractivity contribution in [2.45, 2.75) is 19.4 Å². The van der Waals surface area contributed by atoms with Gasteiger partial charge in [-0.2, -0.15) is 0 Å². The van der Waals surface area contributed by atoms with Crippen molar-refractivity contribution in [2.24, 2.45) is 0 Å². The minimum Gasteiger partial charge on any atom is -0.450 e. The first-order valence-corrected chi connectivity index (χ1v) is 10.2. The number of rotatable bonds is 4. The van der Waals surface area contributed by atoms with Gasteiger partial charge in [-0.25, -0.2) is 13.2 Å². The number of fused-ring (bicyclic) bond motifs is 1. The molecule has 1 unspecified atom stereocenters. The van der Waals surface area contributed by atoms with Crippen LogP contribution in [0.15, 0.2) is 27.1 Å². The summed E-state index contributed by atoms with van der Waals surface area (Å²) in [5.41, 5.74) is 1.18. The maximum Gasteiger partial charge on any atom is 0.375 e. The van der Waals surface area contributed by atoms with Gasteiger partial charge in [0.15, 0.2) is 16.4 Å². The Hall–Kier alpha value is -1.87. The molecule has 1 saturated heterocycles. The number of halogens is 1. The van der Waals surface area contributed by atoms with Crippen molar-refractivity contribution in [1.82, 2.24) is 5.32 Å². The zero-order valence-corrected chi connectivity index (χ0v) is 15.8. The molecule has 1 aliphatic rings. The third kappa shape index (κ3) is 4.04. The van der Waals surface area contributed by atoms with Crippen molar-refractivity contribution < 1.29 is 27.2 Å². The van der Waals surface area contributed by atoms with Crippen LogP contribution in [0.25, 0.3) is 11.0 Å². The van der Waals surface area contributed by atoms with Crippen LogP contribution < -0.4 is 5.32 Å². The van der Waals surface area contributed by atoms with Gasteiger partial charge >= 0.3 is 5.97 Å². The quantitative estimate of drug-likeness (QED) is 0.745. The molecule has 2 aromatic rings. The second-order valence-corrected chi connectivity index (χ2v) is 9.08. The number of hydrogen-bond donors (Lipinski definition) is 1. The molecule has 7 nitrogen and oxygen atoms in total. The summed E-state index contributed by atoms with van der Waals surface area (Å²) in [5, 5.41) is 3.34. The van der Waals surface area contributed by atoms with Crippen molar-refractivity contribution in [3.8, 4) is 0 Å². The predicted octanol–water partition coefficient (Wildman–Crippen LogP) is 1.96. The molecule has 2 heterocycles. The highest BCUT2D eigenvalue weighted by atomic mass is 79.9. The summed E-state index contributed by atoms with van der Waals surface area (Å²) in [6, 6.07) is 4.93. The SMILES string of the molecule is Cc1c(C(=O)OCC(=O)NC2CCS(=O)(=O)C2)oc2ccc(Br)cc12. The average Bonchev–Trinajstić information content (AvgIpc) is 3.05. The highest BCUT2D eigenvalue weighted by molar-refractivity contribution is 9.10. The van der Waals surface area contributed by atoms with Crippen LogP contribution in [0.5, 0.6) is 0 Å². The molecule has 1 atom stereocenters. The smallest absolute Gasteiger partial charge is 0.375 e. The number of nitrogens with one attached hydrogen (secondary N) is 1. The molecule has 0 radical (unpaired) electrons. The molecule has 0 spiro atoms. The molecule has 1 amide bonds. The van der Waals surface area contributed by atoms with E-state index in [0.29, 0.717) is 17.6 Å². The monoisotopic (exact) mass is 429 g/mol. The fourth-order valence-corrected chi connectivity index (χ4v) is 4.80. The Morgan fingerprint density at radius 3 is 2.84 bits per heavy atom. The van der Waals surface area contributed by atoms with Crippen LogP contribution in [-0.4, -0.2) is 44.4 Å². The van der Waals surface area contributed by atoms with Gasteiger partial charge in [0.2, 0.25) is 5.76 Å². The Kier molecular flexibility index (Phi) is 4.88. The number of furan rings is 1. The standard InChI is InChI=1S/C16H16BrNO6S/c1-9-12-6-10(17)2-3-13(12)24-15(9)16(20)23-7-14(19)18-11-4-5-25(21,22)8-11/h2-3,6,11H,4-5,7-8H2,1H3,(H,18,19). The third-order valence-electron chi connectivity index (χ3n) is 4.02. The van der Waals surface area contributed by atoms with E-state index in [0.717, 1.165) is 9.86 Å². The number of carbonyl (C=O) groups excluding carboxylic acids is 2. The van der Waals surface area contributed by atoms with E-state index in [1.807, 2.05) is 6.07 Å². The van der Waals surface area contributed by atoms with Gasteiger partial charge in [-0.3, -0.25) is 4.79 Å². The zero-order valence-electron chi connectivity index (χ0n) is 13.4. The number of hydrogen-bond acceptors (Lipinski definition) is 6. The molecule has 1 aliphatic heterocycles. The van der Waals surface area contributed by atoms with Crippen molar-refractivity contribution in [3.05, 3.63) is 34.0 Å². The molecule has 134 valence electrons. The van der Waals surface area contributed by atoms with Gasteiger partial charge in [0.1, 0.15) is 5.58 Å². The van der Waals surface area contributed by atoms with Crippen LogP contribution in [-0.2, 0) is 19.4 Å². The highest BCUT2D eigenvalue weighted by Gasteiger charge is 2.29. The molecule has 0 saturated carbocycles. The van der Waals surface area contributed by atoms with Crippen molar-refractivity contribution in [3.63, 3.8) is 0 Å². The van der Waals surface area contributed by atoms with Gasteiger partial charge in [0.25, 0.3) is 5.91 Å². The minimum absolute atomic E-state index is 0.0457. The molecule has 1 aromatic carbocycles. The summed E-state index contributed by atoms with van der Waals surface area (Å²) >= 11 is 3.36. The van der Waals surface area contributed by atoms with E-state index in [4.69, 9.17) is 9.15 Å². The Balaban J connectivity index is 1.61. The maximum atomic E-state index is 12.2. The largest absolute Gasteiger partial charge is 0.450 e. The summed E-state index contributed by atoms with van der Waals surface area (Å²) in [5.74, 6) is -1.24. The van der Waals surface area contributed by atoms with Crippen LogP contribution >= 0.6 is 15.9 Å². The van der Waals surface area contributed by atoms with Crippen LogP contribution in [0.1, 0.15) is 22.5 Å². The van der Waals surface area contributed by atoms with Crippen LogP contribution in [0.2, 0.25) is 0 Å². The van der Waals surface area contributed by atoms with E-state index in [1.165, 1.54) is 0 Å². The number of carbonyl (C=O) groups is 2. The molecule has 0 bridgehead atoms. The van der Waals surface area contributed by atoms with E-state index in [2.05, 4.69) is 21.2 Å². The molecular formula is C16H16BrNO6S. The first kappa shape index (κ1) is 17.9. The summed E-state index contributed by atoms with van der Waals surface area (Å²) in [6.45, 7) is 1.24. The number of sulfone groups is 1. The number of aryl methyl sites for hydroxylation is 1. The molecule has 3 rings (SSSR count). The number of esters is 1. The lowest BCUT2D eigenvalue weighted by Crippen LogP contribution is -2.38. The predicted molar refractivity (Wildman–Crippen MR) is 94.1 cm³/mol. The first-order chi connectivity index (χ1) is 11.7. The van der Waals surface area contributed by atoms with Gasteiger partial charge in [0.05, 0.1) is 11.5 Å². The molecule has 1 N–H and O–H groups in total. The second-order valence-electron chi connectivity index (χ2n) is 5.94. The van der Waals surface area contributed by atoms with Crippen LogP contribution in [0.3, 0.4) is 0 Å². The van der Waals surface area contributed by atoms with E-state index >= 15 is 0 Å². The van der Waals surface area contributed by atoms with Gasteiger partial charge in [-0.05, 0) is 31.5 Å². The lowest BCUT2D eigenvalue weighted by Gasteiger charge is -2.10. The molecular weight excluding hydrogens is 414 g/mol. The Morgan fingerprint density at radius 1 is 1.40 bits per heavy atom. The molecule has 1 fully saturated rings. The fraction of sp³-hybridized carbons (Fsp3) is 0.375. The van der Waals surface area contributed by atoms with E-state index < -0.39 is 34.4 Å². The Labute approximate surface area is 152 Å². The zero-order chi connectivity index (χ0) is 18.2. The lowest BCUT2D eigenvalue weighted by atomic mass is 10.1. The minimum atomic E-state index is -3.08. The number of ether oxygens (including phenoxy) is 1. The van der Waals surface area contributed by atoms with E-state index in [9.17, 15) is 18.0 Å². The van der Waals surface area contributed by atoms with Crippen LogP contribution in [0.4, 0.5) is 0 Å².